The highest BCUT2D eigenvalue weighted by Crippen LogP contribution is 2.37. The third-order valence-corrected chi connectivity index (χ3v) is 9.77. The molecule has 7 nitrogen and oxygen atoms in total. The second-order valence-corrected chi connectivity index (χ2v) is 13.8. The number of aromatic nitrogens is 2. The number of carbonyl (C=O) groups is 1. The molecule has 0 fully saturated rings. The SMILES string of the molecule is CCCCCCCCCCCCCCCC(=O)OC(c1ccc(OC)cc1)[N+]1(C)CCC=C(c2nsnc2OCCCCCC)C1.[I-]. The lowest BCUT2D eigenvalue weighted by atomic mass is 10.0. The number of hydrogen-bond acceptors (Lipinski definition) is 7. The van der Waals surface area contributed by atoms with E-state index in [4.69, 9.17) is 14.2 Å². The van der Waals surface area contributed by atoms with Crippen molar-refractivity contribution < 1.29 is 47.5 Å². The van der Waals surface area contributed by atoms with Crippen LogP contribution in [0.2, 0.25) is 0 Å². The van der Waals surface area contributed by atoms with Crippen molar-refractivity contribution in [3.8, 4) is 11.6 Å². The Kier molecular flexibility index (Phi) is 21.5. The van der Waals surface area contributed by atoms with Crippen LogP contribution in [-0.2, 0) is 9.53 Å². The Hall–Kier alpha value is -1.72. The molecule has 0 amide bonds. The fraction of sp³-hybridized carbons (Fsp3) is 0.711. The van der Waals surface area contributed by atoms with Gasteiger partial charge in [0.2, 0.25) is 0 Å². The summed E-state index contributed by atoms with van der Waals surface area (Å²) in [4.78, 5) is 13.3. The molecule has 0 saturated carbocycles. The molecule has 2 unspecified atom stereocenters. The van der Waals surface area contributed by atoms with Crippen LogP contribution in [0, 0.1) is 0 Å². The summed E-state index contributed by atoms with van der Waals surface area (Å²) in [6.45, 7) is 6.68. The molecule has 9 heteroatoms. The number of unbranched alkanes of at least 4 members (excludes halogenated alkanes) is 15. The van der Waals surface area contributed by atoms with E-state index in [1.165, 1.54) is 95.2 Å². The summed E-state index contributed by atoms with van der Waals surface area (Å²) in [6.07, 6.45) is 24.5. The third-order valence-electron chi connectivity index (χ3n) is 9.26. The summed E-state index contributed by atoms with van der Waals surface area (Å²) >= 11 is 1.20. The maximum Gasteiger partial charge on any atom is 0.310 e. The van der Waals surface area contributed by atoms with E-state index in [1.807, 2.05) is 24.3 Å². The molecule has 266 valence electrons. The van der Waals surface area contributed by atoms with Gasteiger partial charge in [0.25, 0.3) is 12.1 Å². The number of likely N-dealkylation sites (N-methyl/N-ethyl adjacent to an activating group) is 1. The average molecular weight is 784 g/mol. The van der Waals surface area contributed by atoms with Crippen molar-refractivity contribution in [2.45, 2.75) is 142 Å². The van der Waals surface area contributed by atoms with E-state index < -0.39 is 6.23 Å². The van der Waals surface area contributed by atoms with Gasteiger partial charge in [-0.25, -0.2) is 0 Å². The summed E-state index contributed by atoms with van der Waals surface area (Å²) in [6, 6.07) is 7.95. The predicted octanol–water partition coefficient (Wildman–Crippen LogP) is 7.47. The van der Waals surface area contributed by atoms with Crippen LogP contribution in [0.15, 0.2) is 30.3 Å². The van der Waals surface area contributed by atoms with Gasteiger partial charge in [0.05, 0.1) is 44.6 Å². The van der Waals surface area contributed by atoms with Crippen LogP contribution >= 0.6 is 11.7 Å². The molecular weight excluding hydrogens is 721 g/mol. The van der Waals surface area contributed by atoms with Crippen molar-refractivity contribution in [2.75, 3.05) is 33.9 Å². The molecule has 2 atom stereocenters. The lowest BCUT2D eigenvalue weighted by Gasteiger charge is -2.42. The van der Waals surface area contributed by atoms with E-state index in [1.54, 1.807) is 7.11 Å². The Morgan fingerprint density at radius 2 is 1.40 bits per heavy atom. The van der Waals surface area contributed by atoms with Gasteiger partial charge in [-0.05, 0) is 37.1 Å². The van der Waals surface area contributed by atoms with E-state index in [-0.39, 0.29) is 29.9 Å². The van der Waals surface area contributed by atoms with Crippen molar-refractivity contribution >= 4 is 23.3 Å². The van der Waals surface area contributed by atoms with Gasteiger partial charge in [-0.3, -0.25) is 9.28 Å². The number of carbonyl (C=O) groups excluding carboxylic acids is 1. The fourth-order valence-electron chi connectivity index (χ4n) is 6.40. The number of esters is 1. The van der Waals surface area contributed by atoms with E-state index in [0.29, 0.717) is 29.9 Å². The van der Waals surface area contributed by atoms with Crippen LogP contribution in [0.25, 0.3) is 5.57 Å². The maximum absolute atomic E-state index is 13.3. The average Bonchev–Trinajstić information content (AvgIpc) is 3.54. The molecule has 1 aromatic carbocycles. The largest absolute Gasteiger partial charge is 1.00 e. The first-order chi connectivity index (χ1) is 22.5. The molecule has 0 radical (unpaired) electrons. The highest BCUT2D eigenvalue weighted by molar-refractivity contribution is 6.99. The molecule has 2 aromatic rings. The zero-order valence-corrected chi connectivity index (χ0v) is 32.8. The van der Waals surface area contributed by atoms with E-state index >= 15 is 0 Å². The highest BCUT2D eigenvalue weighted by Gasteiger charge is 2.40. The normalized spacial score (nSPS) is 16.6. The molecule has 0 saturated heterocycles. The zero-order chi connectivity index (χ0) is 32.9. The summed E-state index contributed by atoms with van der Waals surface area (Å²) in [7, 11) is 3.86. The van der Waals surface area contributed by atoms with Crippen molar-refractivity contribution in [2.24, 2.45) is 0 Å². The Bertz CT molecular complexity index is 1140. The highest BCUT2D eigenvalue weighted by atomic mass is 127. The molecule has 3 rings (SSSR count). The van der Waals surface area contributed by atoms with Gasteiger partial charge in [-0.15, -0.1) is 4.37 Å². The van der Waals surface area contributed by atoms with Gasteiger partial charge >= 0.3 is 5.97 Å². The molecule has 0 N–H and O–H groups in total. The second kappa shape index (κ2) is 24.4. The van der Waals surface area contributed by atoms with E-state index in [2.05, 4.69) is 35.7 Å². The molecule has 1 aliphatic heterocycles. The topological polar surface area (TPSA) is 70.5 Å². The van der Waals surface area contributed by atoms with Gasteiger partial charge in [0, 0.05) is 18.4 Å². The van der Waals surface area contributed by atoms with Gasteiger partial charge in [-0.1, -0.05) is 116 Å². The quantitative estimate of drug-likeness (QED) is 0.0451. The smallest absolute Gasteiger partial charge is 0.310 e. The minimum absolute atomic E-state index is 0. The molecule has 2 heterocycles. The lowest BCUT2D eigenvalue weighted by Crippen LogP contribution is -3.00. The minimum Gasteiger partial charge on any atom is -1.00 e. The Morgan fingerprint density at radius 1 is 0.830 bits per heavy atom. The van der Waals surface area contributed by atoms with Gasteiger partial charge in [0.15, 0.2) is 0 Å². The number of ether oxygens (including phenoxy) is 3. The van der Waals surface area contributed by atoms with Crippen LogP contribution in [0.3, 0.4) is 0 Å². The second-order valence-electron chi connectivity index (χ2n) is 13.3. The van der Waals surface area contributed by atoms with Crippen molar-refractivity contribution in [3.05, 3.63) is 41.6 Å². The lowest BCUT2D eigenvalue weighted by molar-refractivity contribution is -0.953. The minimum atomic E-state index is -0.422. The van der Waals surface area contributed by atoms with E-state index in [9.17, 15) is 4.79 Å². The van der Waals surface area contributed by atoms with E-state index in [0.717, 1.165) is 61.2 Å². The number of hydrogen-bond donors (Lipinski definition) is 0. The van der Waals surface area contributed by atoms with Crippen LogP contribution in [0.4, 0.5) is 0 Å². The summed E-state index contributed by atoms with van der Waals surface area (Å²) in [5, 5.41) is 0. The number of halogens is 1. The maximum atomic E-state index is 13.3. The molecule has 0 spiro atoms. The first kappa shape index (κ1) is 41.5. The third kappa shape index (κ3) is 15.2. The molecule has 0 bridgehead atoms. The van der Waals surface area contributed by atoms with Gasteiger partial charge in [0.1, 0.15) is 18.0 Å². The van der Waals surface area contributed by atoms with Crippen LogP contribution < -0.4 is 33.5 Å². The van der Waals surface area contributed by atoms with Crippen molar-refractivity contribution in [1.82, 2.24) is 8.75 Å². The Balaban J connectivity index is 0.00000768. The number of nitrogens with zero attached hydrogens (tertiary/aromatic N) is 3. The van der Waals surface area contributed by atoms with Crippen molar-refractivity contribution in [1.29, 1.82) is 0 Å². The monoisotopic (exact) mass is 783 g/mol. The molecule has 47 heavy (non-hydrogen) atoms. The number of rotatable bonds is 25. The predicted molar refractivity (Wildman–Crippen MR) is 190 cm³/mol. The molecule has 1 aliphatic rings. The summed E-state index contributed by atoms with van der Waals surface area (Å²) in [5.74, 6) is 1.30. The number of methoxy groups -OCH3 is 1. The molecule has 1 aromatic heterocycles. The Morgan fingerprint density at radius 3 is 2.00 bits per heavy atom. The van der Waals surface area contributed by atoms with Crippen LogP contribution in [-0.4, -0.2) is 53.1 Å². The molecular formula is C38H62IN3O4S. The van der Waals surface area contributed by atoms with Gasteiger partial charge < -0.3 is 38.2 Å². The van der Waals surface area contributed by atoms with Crippen LogP contribution in [0.5, 0.6) is 11.6 Å². The first-order valence-corrected chi connectivity index (χ1v) is 19.1. The van der Waals surface area contributed by atoms with Crippen LogP contribution in [0.1, 0.15) is 153 Å². The molecule has 0 aliphatic carbocycles. The van der Waals surface area contributed by atoms with Gasteiger partial charge in [-0.2, -0.15) is 4.37 Å². The zero-order valence-electron chi connectivity index (χ0n) is 29.8. The Labute approximate surface area is 307 Å². The summed E-state index contributed by atoms with van der Waals surface area (Å²) < 4.78 is 27.5. The number of benzene rings is 1. The fourth-order valence-corrected chi connectivity index (χ4v) is 6.93. The standard InChI is InChI=1S/C38H62N3O4S.HI/c1-5-7-9-11-12-13-14-15-16-17-18-19-20-24-35(42)45-38(32-25-27-34(43-4)28-26-32)41(3)29-22-23-33(31-41)36-37(40-46-39-36)44-30-21-10-8-6-2;/h23,25-28,38H,5-22,24,29-31H2,1-4H3;1H/q+1;/p-1. The first-order valence-electron chi connectivity index (χ1n) is 18.3. The summed E-state index contributed by atoms with van der Waals surface area (Å²) in [5.41, 5.74) is 2.92. The number of quaternary nitrogens is 1. The van der Waals surface area contributed by atoms with Crippen molar-refractivity contribution in [3.63, 3.8) is 0 Å².